The lowest BCUT2D eigenvalue weighted by Crippen LogP contribution is -2.34. The number of rotatable bonds is 3. The molecule has 0 radical (unpaired) electrons. The molecule has 1 amide bonds. The smallest absolute Gasteiger partial charge is 0.224 e. The molecule has 2 N–H and O–H groups in total. The summed E-state index contributed by atoms with van der Waals surface area (Å²) in [5.74, 6) is 0.685. The second-order valence-electron chi connectivity index (χ2n) is 4.76. The molecule has 0 spiro atoms. The average Bonchev–Trinajstić information content (AvgIpc) is 2.74. The number of carbonyl (C=O) groups is 1. The van der Waals surface area contributed by atoms with E-state index in [1.54, 1.807) is 6.20 Å². The van der Waals surface area contributed by atoms with E-state index in [-0.39, 0.29) is 11.8 Å². The van der Waals surface area contributed by atoms with Crippen molar-refractivity contribution in [2.45, 2.75) is 20.4 Å². The number of amides is 1. The minimum absolute atomic E-state index is 0.108. The van der Waals surface area contributed by atoms with E-state index in [2.05, 4.69) is 22.5 Å². The molecule has 1 aromatic heterocycles. The third kappa shape index (κ3) is 2.82. The van der Waals surface area contributed by atoms with Gasteiger partial charge in [-0.1, -0.05) is 6.92 Å². The highest BCUT2D eigenvalue weighted by molar-refractivity contribution is 5.79. The maximum Gasteiger partial charge on any atom is 0.224 e. The van der Waals surface area contributed by atoms with E-state index in [1.165, 1.54) is 0 Å². The Bertz CT molecular complexity index is 405. The number of hydrogen-bond acceptors (Lipinski definition) is 3. The van der Waals surface area contributed by atoms with Crippen molar-refractivity contribution in [1.29, 1.82) is 0 Å². The second kappa shape index (κ2) is 5.27. The Morgan fingerprint density at radius 3 is 3.06 bits per heavy atom. The molecule has 0 aliphatic carbocycles. The van der Waals surface area contributed by atoms with Crippen LogP contribution in [-0.2, 0) is 11.3 Å². The van der Waals surface area contributed by atoms with Crippen molar-refractivity contribution in [3.05, 3.63) is 29.6 Å². The Labute approximate surface area is 102 Å². The van der Waals surface area contributed by atoms with Gasteiger partial charge in [0.05, 0.1) is 5.92 Å². The molecule has 2 rings (SSSR count). The van der Waals surface area contributed by atoms with Gasteiger partial charge in [-0.2, -0.15) is 0 Å². The first-order valence-electron chi connectivity index (χ1n) is 6.06. The summed E-state index contributed by atoms with van der Waals surface area (Å²) in [5, 5.41) is 6.25. The van der Waals surface area contributed by atoms with Gasteiger partial charge >= 0.3 is 0 Å². The zero-order chi connectivity index (χ0) is 12.3. The molecule has 1 fully saturated rings. The Morgan fingerprint density at radius 1 is 1.59 bits per heavy atom. The normalized spacial score (nSPS) is 23.6. The van der Waals surface area contributed by atoms with Gasteiger partial charge in [-0.25, -0.2) is 0 Å². The monoisotopic (exact) mass is 233 g/mol. The molecule has 0 saturated carbocycles. The molecule has 0 aromatic carbocycles. The van der Waals surface area contributed by atoms with E-state index in [1.807, 2.05) is 19.2 Å². The van der Waals surface area contributed by atoms with E-state index in [0.29, 0.717) is 12.5 Å². The highest BCUT2D eigenvalue weighted by Crippen LogP contribution is 2.16. The van der Waals surface area contributed by atoms with Crippen LogP contribution in [0, 0.1) is 18.8 Å². The molecule has 0 bridgehead atoms. The van der Waals surface area contributed by atoms with Gasteiger partial charge in [-0.15, -0.1) is 0 Å². The number of nitrogens with one attached hydrogen (secondary N) is 2. The highest BCUT2D eigenvalue weighted by Gasteiger charge is 2.29. The molecule has 1 aliphatic rings. The van der Waals surface area contributed by atoms with Crippen molar-refractivity contribution in [1.82, 2.24) is 15.6 Å². The standard InChI is InChI=1S/C13H19N3O/c1-9-5-14-4-3-11(9)7-16-13(17)12-8-15-6-10(12)2/h3-5,10,12,15H,6-8H2,1-2H3,(H,16,17). The molecule has 2 unspecified atom stereocenters. The van der Waals surface area contributed by atoms with E-state index in [4.69, 9.17) is 0 Å². The summed E-state index contributed by atoms with van der Waals surface area (Å²) in [5.41, 5.74) is 2.25. The van der Waals surface area contributed by atoms with Crippen molar-refractivity contribution in [2.24, 2.45) is 11.8 Å². The molecule has 2 heterocycles. The molecule has 92 valence electrons. The van der Waals surface area contributed by atoms with Gasteiger partial charge in [0.1, 0.15) is 0 Å². The maximum atomic E-state index is 12.0. The summed E-state index contributed by atoms with van der Waals surface area (Å²) in [4.78, 5) is 16.0. The molecule has 4 heteroatoms. The Hall–Kier alpha value is -1.42. The van der Waals surface area contributed by atoms with Gasteiger partial charge in [0.2, 0.25) is 5.91 Å². The first-order chi connectivity index (χ1) is 8.18. The van der Waals surface area contributed by atoms with Crippen LogP contribution < -0.4 is 10.6 Å². The largest absolute Gasteiger partial charge is 0.352 e. The van der Waals surface area contributed by atoms with Crippen molar-refractivity contribution in [2.75, 3.05) is 13.1 Å². The quantitative estimate of drug-likeness (QED) is 0.814. The molecule has 17 heavy (non-hydrogen) atoms. The van der Waals surface area contributed by atoms with Crippen molar-refractivity contribution >= 4 is 5.91 Å². The first-order valence-corrected chi connectivity index (χ1v) is 6.06. The third-order valence-corrected chi connectivity index (χ3v) is 3.44. The first kappa shape index (κ1) is 12.0. The number of nitrogens with zero attached hydrogens (tertiary/aromatic N) is 1. The molecule has 1 aliphatic heterocycles. The number of carbonyl (C=O) groups excluding carboxylic acids is 1. The van der Waals surface area contributed by atoms with Crippen LogP contribution in [0.2, 0.25) is 0 Å². The van der Waals surface area contributed by atoms with Gasteiger partial charge in [-0.05, 0) is 36.6 Å². The molecular weight excluding hydrogens is 214 g/mol. The van der Waals surface area contributed by atoms with Crippen LogP contribution in [0.1, 0.15) is 18.1 Å². The summed E-state index contributed by atoms with van der Waals surface area (Å²) in [6.07, 6.45) is 3.58. The topological polar surface area (TPSA) is 54.0 Å². The van der Waals surface area contributed by atoms with Crippen LogP contribution >= 0.6 is 0 Å². The highest BCUT2D eigenvalue weighted by atomic mass is 16.1. The summed E-state index contributed by atoms with van der Waals surface area (Å²) in [7, 11) is 0. The van der Waals surface area contributed by atoms with Crippen LogP contribution in [0.5, 0.6) is 0 Å². The molecule has 2 atom stereocenters. The van der Waals surface area contributed by atoms with Crippen LogP contribution in [0.3, 0.4) is 0 Å². The van der Waals surface area contributed by atoms with Gasteiger partial charge in [0, 0.05) is 25.5 Å². The lowest BCUT2D eigenvalue weighted by molar-refractivity contribution is -0.125. The van der Waals surface area contributed by atoms with Crippen molar-refractivity contribution in [3.63, 3.8) is 0 Å². The van der Waals surface area contributed by atoms with Gasteiger partial charge in [-0.3, -0.25) is 9.78 Å². The lowest BCUT2D eigenvalue weighted by atomic mass is 9.97. The number of pyridine rings is 1. The van der Waals surface area contributed by atoms with Gasteiger partial charge < -0.3 is 10.6 Å². The fourth-order valence-corrected chi connectivity index (χ4v) is 2.18. The number of aromatic nitrogens is 1. The van der Waals surface area contributed by atoms with Crippen LogP contribution in [0.25, 0.3) is 0 Å². The van der Waals surface area contributed by atoms with Crippen LogP contribution in [0.4, 0.5) is 0 Å². The number of hydrogen-bond donors (Lipinski definition) is 2. The van der Waals surface area contributed by atoms with Crippen molar-refractivity contribution < 1.29 is 4.79 Å². The molecular formula is C13H19N3O. The number of aryl methyl sites for hydroxylation is 1. The van der Waals surface area contributed by atoms with E-state index in [0.717, 1.165) is 24.2 Å². The predicted octanol–water partition coefficient (Wildman–Crippen LogP) is 0.862. The minimum atomic E-state index is 0.108. The Balaban J connectivity index is 1.90. The SMILES string of the molecule is Cc1cnccc1CNC(=O)C1CNCC1C. The van der Waals surface area contributed by atoms with Crippen LogP contribution in [0.15, 0.2) is 18.5 Å². The fraction of sp³-hybridized carbons (Fsp3) is 0.538. The zero-order valence-corrected chi connectivity index (χ0v) is 10.4. The Kier molecular flexibility index (Phi) is 3.74. The van der Waals surface area contributed by atoms with E-state index >= 15 is 0 Å². The summed E-state index contributed by atoms with van der Waals surface area (Å²) in [6, 6.07) is 1.95. The van der Waals surface area contributed by atoms with Gasteiger partial charge in [0.25, 0.3) is 0 Å². The second-order valence-corrected chi connectivity index (χ2v) is 4.76. The minimum Gasteiger partial charge on any atom is -0.352 e. The van der Waals surface area contributed by atoms with Crippen LogP contribution in [-0.4, -0.2) is 24.0 Å². The van der Waals surface area contributed by atoms with Crippen molar-refractivity contribution in [3.8, 4) is 0 Å². The lowest BCUT2D eigenvalue weighted by Gasteiger charge is -2.14. The van der Waals surface area contributed by atoms with E-state index < -0.39 is 0 Å². The average molecular weight is 233 g/mol. The van der Waals surface area contributed by atoms with Gasteiger partial charge in [0.15, 0.2) is 0 Å². The van der Waals surface area contributed by atoms with E-state index in [9.17, 15) is 4.79 Å². The molecule has 1 saturated heterocycles. The summed E-state index contributed by atoms with van der Waals surface area (Å²) >= 11 is 0. The Morgan fingerprint density at radius 2 is 2.41 bits per heavy atom. The fourth-order valence-electron chi connectivity index (χ4n) is 2.18. The summed E-state index contributed by atoms with van der Waals surface area (Å²) in [6.45, 7) is 6.45. The third-order valence-electron chi connectivity index (χ3n) is 3.44. The predicted molar refractivity (Wildman–Crippen MR) is 66.3 cm³/mol. The zero-order valence-electron chi connectivity index (χ0n) is 10.4. The maximum absolute atomic E-state index is 12.0. The summed E-state index contributed by atoms with van der Waals surface area (Å²) < 4.78 is 0. The molecule has 1 aromatic rings. The molecule has 4 nitrogen and oxygen atoms in total.